The van der Waals surface area contributed by atoms with Crippen molar-refractivity contribution in [2.75, 3.05) is 12.0 Å². The van der Waals surface area contributed by atoms with Crippen molar-refractivity contribution in [1.82, 2.24) is 0 Å². The van der Waals surface area contributed by atoms with Crippen LogP contribution in [0.25, 0.3) is 0 Å². The quantitative estimate of drug-likeness (QED) is 0.682. The van der Waals surface area contributed by atoms with Crippen molar-refractivity contribution >= 4 is 17.7 Å². The SMILES string of the molecule is CSCCC(=O)OCc1ccco1. The summed E-state index contributed by atoms with van der Waals surface area (Å²) in [6, 6.07) is 3.55. The highest BCUT2D eigenvalue weighted by molar-refractivity contribution is 7.98. The van der Waals surface area contributed by atoms with Crippen LogP contribution in [0.4, 0.5) is 0 Å². The van der Waals surface area contributed by atoms with Crippen LogP contribution in [0.2, 0.25) is 0 Å². The fourth-order valence-corrected chi connectivity index (χ4v) is 1.17. The molecule has 0 N–H and O–H groups in total. The Bertz CT molecular complexity index is 243. The molecule has 0 saturated heterocycles. The van der Waals surface area contributed by atoms with Gasteiger partial charge in [-0.1, -0.05) is 0 Å². The minimum absolute atomic E-state index is 0.175. The van der Waals surface area contributed by atoms with Gasteiger partial charge >= 0.3 is 5.97 Å². The Labute approximate surface area is 81.4 Å². The predicted octanol–water partition coefficient (Wildman–Crippen LogP) is 2.08. The molecule has 72 valence electrons. The normalized spacial score (nSPS) is 9.92. The largest absolute Gasteiger partial charge is 0.466 e. The summed E-state index contributed by atoms with van der Waals surface area (Å²) in [6.45, 7) is 0.236. The zero-order valence-corrected chi connectivity index (χ0v) is 8.30. The Hall–Kier alpha value is -0.900. The van der Waals surface area contributed by atoms with Crippen molar-refractivity contribution in [2.24, 2.45) is 0 Å². The lowest BCUT2D eigenvalue weighted by atomic mass is 10.4. The van der Waals surface area contributed by atoms with Crippen LogP contribution in [0.1, 0.15) is 12.2 Å². The zero-order chi connectivity index (χ0) is 9.52. The van der Waals surface area contributed by atoms with Crippen molar-refractivity contribution in [2.45, 2.75) is 13.0 Å². The Balaban J connectivity index is 2.15. The Morgan fingerprint density at radius 2 is 2.54 bits per heavy atom. The molecular formula is C9H12O3S. The number of carbonyl (C=O) groups excluding carboxylic acids is 1. The molecule has 0 aromatic carbocycles. The van der Waals surface area contributed by atoms with Crippen LogP contribution in [-0.4, -0.2) is 18.0 Å². The van der Waals surface area contributed by atoms with Crippen LogP contribution in [0, 0.1) is 0 Å². The number of ether oxygens (including phenoxy) is 1. The fourth-order valence-electron chi connectivity index (χ4n) is 0.804. The van der Waals surface area contributed by atoms with Gasteiger partial charge in [-0.3, -0.25) is 4.79 Å². The molecule has 0 saturated carbocycles. The highest BCUT2D eigenvalue weighted by atomic mass is 32.2. The molecule has 1 rings (SSSR count). The van der Waals surface area contributed by atoms with Gasteiger partial charge in [0.15, 0.2) is 0 Å². The number of furan rings is 1. The van der Waals surface area contributed by atoms with Gasteiger partial charge in [-0.25, -0.2) is 0 Å². The number of thioether (sulfide) groups is 1. The van der Waals surface area contributed by atoms with Crippen LogP contribution in [0.15, 0.2) is 22.8 Å². The van der Waals surface area contributed by atoms with Crippen LogP contribution >= 0.6 is 11.8 Å². The van der Waals surface area contributed by atoms with E-state index in [1.807, 2.05) is 6.26 Å². The van der Waals surface area contributed by atoms with Crippen molar-refractivity contribution in [3.63, 3.8) is 0 Å². The van der Waals surface area contributed by atoms with E-state index in [1.165, 1.54) is 0 Å². The van der Waals surface area contributed by atoms with Gasteiger partial charge in [0.05, 0.1) is 12.7 Å². The summed E-state index contributed by atoms with van der Waals surface area (Å²) in [5, 5.41) is 0. The maximum atomic E-state index is 11.0. The molecule has 4 heteroatoms. The summed E-state index contributed by atoms with van der Waals surface area (Å²) in [5.41, 5.74) is 0. The molecule has 0 radical (unpaired) electrons. The summed E-state index contributed by atoms with van der Waals surface area (Å²) in [6.07, 6.45) is 3.98. The number of hydrogen-bond acceptors (Lipinski definition) is 4. The second kappa shape index (κ2) is 5.70. The third-order valence-electron chi connectivity index (χ3n) is 1.47. The summed E-state index contributed by atoms with van der Waals surface area (Å²) in [7, 11) is 0. The van der Waals surface area contributed by atoms with Crippen molar-refractivity contribution < 1.29 is 13.9 Å². The topological polar surface area (TPSA) is 39.4 Å². The maximum Gasteiger partial charge on any atom is 0.307 e. The van der Waals surface area contributed by atoms with Gasteiger partial charge in [0.25, 0.3) is 0 Å². The smallest absolute Gasteiger partial charge is 0.307 e. The molecule has 3 nitrogen and oxygen atoms in total. The van der Waals surface area contributed by atoms with E-state index in [2.05, 4.69) is 0 Å². The summed E-state index contributed by atoms with van der Waals surface area (Å²) < 4.78 is 9.95. The van der Waals surface area contributed by atoms with E-state index in [-0.39, 0.29) is 12.6 Å². The van der Waals surface area contributed by atoms with E-state index < -0.39 is 0 Å². The van der Waals surface area contributed by atoms with E-state index in [4.69, 9.17) is 9.15 Å². The first-order valence-electron chi connectivity index (χ1n) is 4.00. The molecule has 1 aromatic rings. The molecular weight excluding hydrogens is 188 g/mol. The molecule has 0 aliphatic heterocycles. The summed E-state index contributed by atoms with van der Waals surface area (Å²) in [5.74, 6) is 1.31. The second-order valence-corrected chi connectivity index (χ2v) is 3.47. The molecule has 0 bridgehead atoms. The monoisotopic (exact) mass is 200 g/mol. The Kier molecular flexibility index (Phi) is 4.46. The number of rotatable bonds is 5. The van der Waals surface area contributed by atoms with E-state index in [1.54, 1.807) is 30.2 Å². The molecule has 1 heterocycles. The molecule has 0 spiro atoms. The fraction of sp³-hybridized carbons (Fsp3) is 0.444. The van der Waals surface area contributed by atoms with Crippen LogP contribution < -0.4 is 0 Å². The van der Waals surface area contributed by atoms with E-state index in [9.17, 15) is 4.79 Å². The van der Waals surface area contributed by atoms with E-state index in [0.29, 0.717) is 12.2 Å². The second-order valence-electron chi connectivity index (χ2n) is 2.48. The molecule has 0 amide bonds. The average Bonchev–Trinajstić information content (AvgIpc) is 2.64. The molecule has 0 aliphatic rings. The Morgan fingerprint density at radius 3 is 3.15 bits per heavy atom. The molecule has 13 heavy (non-hydrogen) atoms. The van der Waals surface area contributed by atoms with Gasteiger partial charge in [0.1, 0.15) is 12.4 Å². The summed E-state index contributed by atoms with van der Waals surface area (Å²) >= 11 is 1.63. The van der Waals surface area contributed by atoms with Crippen LogP contribution in [0.3, 0.4) is 0 Å². The minimum Gasteiger partial charge on any atom is -0.466 e. The van der Waals surface area contributed by atoms with Gasteiger partial charge < -0.3 is 9.15 Å². The molecule has 0 unspecified atom stereocenters. The third kappa shape index (κ3) is 4.03. The standard InChI is InChI=1S/C9H12O3S/c1-13-6-4-9(10)12-7-8-3-2-5-11-8/h2-3,5H,4,6-7H2,1H3. The maximum absolute atomic E-state index is 11.0. The first kappa shape index (κ1) is 10.2. The van der Waals surface area contributed by atoms with E-state index in [0.717, 1.165) is 5.75 Å². The Morgan fingerprint density at radius 1 is 1.69 bits per heavy atom. The molecule has 0 aliphatic carbocycles. The number of esters is 1. The first-order valence-corrected chi connectivity index (χ1v) is 5.39. The van der Waals surface area contributed by atoms with Crippen molar-refractivity contribution in [3.05, 3.63) is 24.2 Å². The number of carbonyl (C=O) groups is 1. The molecule has 0 fully saturated rings. The van der Waals surface area contributed by atoms with Gasteiger partial charge in [0, 0.05) is 5.75 Å². The minimum atomic E-state index is -0.175. The van der Waals surface area contributed by atoms with Gasteiger partial charge in [-0.15, -0.1) is 0 Å². The highest BCUT2D eigenvalue weighted by Gasteiger charge is 2.03. The van der Waals surface area contributed by atoms with Crippen LogP contribution in [0.5, 0.6) is 0 Å². The molecule has 0 atom stereocenters. The highest BCUT2D eigenvalue weighted by Crippen LogP contribution is 2.04. The van der Waals surface area contributed by atoms with Gasteiger partial charge in [0.2, 0.25) is 0 Å². The van der Waals surface area contributed by atoms with Crippen LogP contribution in [-0.2, 0) is 16.1 Å². The lowest BCUT2D eigenvalue weighted by molar-refractivity contribution is -0.144. The third-order valence-corrected chi connectivity index (χ3v) is 2.08. The lowest BCUT2D eigenvalue weighted by Crippen LogP contribution is -2.04. The van der Waals surface area contributed by atoms with Gasteiger partial charge in [-0.2, -0.15) is 11.8 Å². The van der Waals surface area contributed by atoms with E-state index >= 15 is 0 Å². The average molecular weight is 200 g/mol. The zero-order valence-electron chi connectivity index (χ0n) is 7.49. The first-order chi connectivity index (χ1) is 6.33. The predicted molar refractivity (Wildman–Crippen MR) is 51.5 cm³/mol. The summed E-state index contributed by atoms with van der Waals surface area (Å²) in [4.78, 5) is 11.0. The molecule has 1 aromatic heterocycles. The number of hydrogen-bond donors (Lipinski definition) is 0. The van der Waals surface area contributed by atoms with Crippen molar-refractivity contribution in [1.29, 1.82) is 0 Å². The lowest BCUT2D eigenvalue weighted by Gasteiger charge is -2.00. The van der Waals surface area contributed by atoms with Crippen molar-refractivity contribution in [3.8, 4) is 0 Å². The van der Waals surface area contributed by atoms with Gasteiger partial charge in [-0.05, 0) is 18.4 Å².